The second-order valence-electron chi connectivity index (χ2n) is 5.96. The summed E-state index contributed by atoms with van der Waals surface area (Å²) < 4.78 is 0. The highest BCUT2D eigenvalue weighted by atomic mass is 16.3. The molecule has 0 saturated carbocycles. The van der Waals surface area contributed by atoms with Gasteiger partial charge in [-0.2, -0.15) is 0 Å². The second-order valence-corrected chi connectivity index (χ2v) is 5.96. The summed E-state index contributed by atoms with van der Waals surface area (Å²) in [5.41, 5.74) is 5.22. The molecule has 3 unspecified atom stereocenters. The van der Waals surface area contributed by atoms with Gasteiger partial charge in [-0.05, 0) is 6.92 Å². The molecule has 1 rings (SSSR count). The smallest absolute Gasteiger partial charge is 0.246 e. The van der Waals surface area contributed by atoms with Crippen LogP contribution in [-0.4, -0.2) is 76.9 Å². The average molecular weight is 328 g/mol. The van der Waals surface area contributed by atoms with Gasteiger partial charge in [0.05, 0.1) is 6.10 Å². The SMILES string of the molecule is CC(=O)N(C)C1C(=O)NC(C(=O)N(C)[C@H](C(N)=O)[C@@H](C)O)C1C. The summed E-state index contributed by atoms with van der Waals surface area (Å²) >= 11 is 0. The van der Waals surface area contributed by atoms with Gasteiger partial charge in [0.2, 0.25) is 23.6 Å². The third-order valence-corrected chi connectivity index (χ3v) is 4.28. The molecule has 0 aromatic carbocycles. The zero-order chi connectivity index (χ0) is 18.1. The Labute approximate surface area is 134 Å². The van der Waals surface area contributed by atoms with E-state index in [1.807, 2.05) is 0 Å². The Morgan fingerprint density at radius 1 is 1.30 bits per heavy atom. The molecule has 4 amide bonds. The van der Waals surface area contributed by atoms with Gasteiger partial charge in [0.1, 0.15) is 18.1 Å². The maximum Gasteiger partial charge on any atom is 0.246 e. The number of rotatable bonds is 5. The summed E-state index contributed by atoms with van der Waals surface area (Å²) in [7, 11) is 2.83. The van der Waals surface area contributed by atoms with Crippen LogP contribution in [0.2, 0.25) is 0 Å². The van der Waals surface area contributed by atoms with Gasteiger partial charge in [-0.25, -0.2) is 0 Å². The third-order valence-electron chi connectivity index (χ3n) is 4.28. The molecular weight excluding hydrogens is 304 g/mol. The molecule has 0 aliphatic carbocycles. The lowest BCUT2D eigenvalue weighted by Gasteiger charge is -2.31. The number of carbonyl (C=O) groups is 4. The number of nitrogens with one attached hydrogen (secondary N) is 1. The summed E-state index contributed by atoms with van der Waals surface area (Å²) in [5.74, 6) is -2.61. The molecule has 1 aliphatic heterocycles. The van der Waals surface area contributed by atoms with Crippen molar-refractivity contribution in [3.63, 3.8) is 0 Å². The molecule has 0 spiro atoms. The van der Waals surface area contributed by atoms with E-state index in [2.05, 4.69) is 5.32 Å². The number of hydrogen-bond donors (Lipinski definition) is 3. The van der Waals surface area contributed by atoms with Crippen LogP contribution >= 0.6 is 0 Å². The zero-order valence-corrected chi connectivity index (χ0v) is 13.9. The van der Waals surface area contributed by atoms with Gasteiger partial charge in [0, 0.05) is 26.9 Å². The minimum atomic E-state index is -1.20. The van der Waals surface area contributed by atoms with Crippen LogP contribution in [0.3, 0.4) is 0 Å². The van der Waals surface area contributed by atoms with Gasteiger partial charge in [0.15, 0.2) is 0 Å². The molecule has 9 nitrogen and oxygen atoms in total. The van der Waals surface area contributed by atoms with E-state index in [-0.39, 0.29) is 5.91 Å². The molecule has 9 heteroatoms. The third kappa shape index (κ3) is 3.61. The maximum absolute atomic E-state index is 12.6. The molecule has 1 aliphatic rings. The normalized spacial score (nSPS) is 26.2. The number of carbonyl (C=O) groups excluding carboxylic acids is 4. The molecule has 23 heavy (non-hydrogen) atoms. The van der Waals surface area contributed by atoms with E-state index < -0.39 is 47.9 Å². The van der Waals surface area contributed by atoms with Crippen LogP contribution in [0.15, 0.2) is 0 Å². The highest BCUT2D eigenvalue weighted by Crippen LogP contribution is 2.23. The lowest BCUT2D eigenvalue weighted by atomic mass is 9.95. The summed E-state index contributed by atoms with van der Waals surface area (Å²) in [6.07, 6.45) is -1.15. The molecule has 1 fully saturated rings. The van der Waals surface area contributed by atoms with Crippen molar-refractivity contribution in [3.05, 3.63) is 0 Å². The molecule has 0 aromatic heterocycles. The summed E-state index contributed by atoms with van der Waals surface area (Å²) in [5, 5.41) is 12.2. The molecule has 1 saturated heterocycles. The second kappa shape index (κ2) is 6.95. The molecule has 4 N–H and O–H groups in total. The molecule has 130 valence electrons. The van der Waals surface area contributed by atoms with Crippen LogP contribution in [0.4, 0.5) is 0 Å². The number of hydrogen-bond acceptors (Lipinski definition) is 5. The lowest BCUT2D eigenvalue weighted by Crippen LogP contribution is -2.56. The van der Waals surface area contributed by atoms with Crippen molar-refractivity contribution in [2.24, 2.45) is 11.7 Å². The van der Waals surface area contributed by atoms with Crippen molar-refractivity contribution in [1.29, 1.82) is 0 Å². The van der Waals surface area contributed by atoms with Crippen LogP contribution in [0.5, 0.6) is 0 Å². The number of aliphatic hydroxyl groups is 1. The number of amides is 4. The molecule has 0 bridgehead atoms. The van der Waals surface area contributed by atoms with E-state index in [0.717, 1.165) is 4.90 Å². The topological polar surface area (TPSA) is 133 Å². The van der Waals surface area contributed by atoms with Crippen molar-refractivity contribution in [2.45, 2.75) is 45.0 Å². The quantitative estimate of drug-likeness (QED) is 0.520. The highest BCUT2D eigenvalue weighted by molar-refractivity contribution is 5.97. The van der Waals surface area contributed by atoms with Gasteiger partial charge in [-0.1, -0.05) is 6.92 Å². The van der Waals surface area contributed by atoms with E-state index in [1.165, 1.54) is 32.8 Å². The first-order valence-electron chi connectivity index (χ1n) is 7.28. The van der Waals surface area contributed by atoms with Crippen LogP contribution in [0.25, 0.3) is 0 Å². The molecule has 0 radical (unpaired) electrons. The summed E-state index contributed by atoms with van der Waals surface area (Å²) in [6, 6.07) is -2.87. The van der Waals surface area contributed by atoms with Gasteiger partial charge in [-0.15, -0.1) is 0 Å². The fraction of sp³-hybridized carbons (Fsp3) is 0.714. The first-order chi connectivity index (χ1) is 10.5. The van der Waals surface area contributed by atoms with Crippen LogP contribution in [-0.2, 0) is 19.2 Å². The van der Waals surface area contributed by atoms with Gasteiger partial charge in [-0.3, -0.25) is 19.2 Å². The van der Waals surface area contributed by atoms with Gasteiger partial charge >= 0.3 is 0 Å². The van der Waals surface area contributed by atoms with E-state index in [1.54, 1.807) is 6.92 Å². The van der Waals surface area contributed by atoms with Crippen LogP contribution in [0.1, 0.15) is 20.8 Å². The van der Waals surface area contributed by atoms with Crippen LogP contribution in [0, 0.1) is 5.92 Å². The number of nitrogens with zero attached hydrogens (tertiary/aromatic N) is 2. The Bertz CT molecular complexity index is 521. The number of primary amides is 1. The van der Waals surface area contributed by atoms with Crippen molar-refractivity contribution >= 4 is 23.6 Å². The average Bonchev–Trinajstić information content (AvgIpc) is 2.71. The van der Waals surface area contributed by atoms with Crippen molar-refractivity contribution in [1.82, 2.24) is 15.1 Å². The molecular formula is C14H24N4O5. The highest BCUT2D eigenvalue weighted by Gasteiger charge is 2.47. The Morgan fingerprint density at radius 3 is 2.22 bits per heavy atom. The summed E-state index contributed by atoms with van der Waals surface area (Å²) in [4.78, 5) is 49.9. The fourth-order valence-electron chi connectivity index (χ4n) is 2.91. The van der Waals surface area contributed by atoms with Gasteiger partial charge in [0.25, 0.3) is 0 Å². The lowest BCUT2D eigenvalue weighted by molar-refractivity contribution is -0.143. The maximum atomic E-state index is 12.6. The zero-order valence-electron chi connectivity index (χ0n) is 13.9. The van der Waals surface area contributed by atoms with E-state index in [4.69, 9.17) is 5.73 Å². The van der Waals surface area contributed by atoms with Crippen molar-refractivity contribution in [2.75, 3.05) is 14.1 Å². The Kier molecular flexibility index (Phi) is 5.70. The summed E-state index contributed by atoms with van der Waals surface area (Å²) in [6.45, 7) is 4.35. The van der Waals surface area contributed by atoms with Crippen molar-refractivity contribution < 1.29 is 24.3 Å². The van der Waals surface area contributed by atoms with E-state index in [9.17, 15) is 24.3 Å². The molecule has 5 atom stereocenters. The van der Waals surface area contributed by atoms with Crippen LogP contribution < -0.4 is 11.1 Å². The van der Waals surface area contributed by atoms with E-state index in [0.29, 0.717) is 0 Å². The standard InChI is InChI=1S/C14H24N4O5/c1-6-9(16-13(22)10(6)17(4)8(3)20)14(23)18(5)11(7(2)19)12(15)21/h6-7,9-11,19H,1-5H3,(H2,15,21)(H,16,22)/t6?,7-,9?,10?,11+/m1/s1. The Balaban J connectivity index is 2.99. The predicted octanol–water partition coefficient (Wildman–Crippen LogP) is -2.34. The largest absolute Gasteiger partial charge is 0.391 e. The van der Waals surface area contributed by atoms with Crippen molar-refractivity contribution in [3.8, 4) is 0 Å². The minimum absolute atomic E-state index is 0.294. The van der Waals surface area contributed by atoms with E-state index >= 15 is 0 Å². The number of aliphatic hydroxyl groups excluding tert-OH is 1. The molecule has 1 heterocycles. The Hall–Kier alpha value is -2.16. The first kappa shape index (κ1) is 18.9. The monoisotopic (exact) mass is 328 g/mol. The predicted molar refractivity (Wildman–Crippen MR) is 80.8 cm³/mol. The number of likely N-dealkylation sites (N-methyl/N-ethyl adjacent to an activating group) is 2. The van der Waals surface area contributed by atoms with Gasteiger partial charge < -0.3 is 26.0 Å². The first-order valence-corrected chi connectivity index (χ1v) is 7.28. The minimum Gasteiger partial charge on any atom is -0.391 e. The Morgan fingerprint density at radius 2 is 1.83 bits per heavy atom. The fourth-order valence-corrected chi connectivity index (χ4v) is 2.91. The molecule has 0 aromatic rings. The number of nitrogens with two attached hydrogens (primary N) is 1.